The molecule has 0 unspecified atom stereocenters. The van der Waals surface area contributed by atoms with E-state index in [-0.39, 0.29) is 5.91 Å². The van der Waals surface area contributed by atoms with Crippen LogP contribution in [0.15, 0.2) is 107 Å². The van der Waals surface area contributed by atoms with Gasteiger partial charge in [0.2, 0.25) is 0 Å². The molecule has 5 rings (SSSR count). The maximum atomic E-state index is 13.2. The molecule has 7 heteroatoms. The molecule has 5 aromatic rings. The van der Waals surface area contributed by atoms with Crippen molar-refractivity contribution in [1.29, 1.82) is 0 Å². The summed E-state index contributed by atoms with van der Waals surface area (Å²) in [5.74, 6) is 0.830. The minimum atomic E-state index is -0.330. The first kappa shape index (κ1) is 26.1. The molecule has 0 atom stereocenters. The predicted molar refractivity (Wildman–Crippen MR) is 158 cm³/mol. The Labute approximate surface area is 235 Å². The molecule has 0 spiro atoms. The van der Waals surface area contributed by atoms with Gasteiger partial charge in [-0.05, 0) is 52.7 Å². The Morgan fingerprint density at radius 2 is 1.69 bits per heavy atom. The summed E-state index contributed by atoms with van der Waals surface area (Å²) in [6.45, 7) is 2.46. The average molecular weight is 580 g/mol. The topological polar surface area (TPSA) is 72.8 Å². The lowest BCUT2D eigenvalue weighted by Crippen LogP contribution is -2.18. The highest BCUT2D eigenvalue weighted by atomic mass is 79.9. The average Bonchev–Trinajstić information content (AvgIpc) is 2.97. The number of aryl methyl sites for hydroxylation is 1. The van der Waals surface area contributed by atoms with Crippen molar-refractivity contribution in [3.8, 4) is 22.8 Å². The molecule has 0 radical (unpaired) electrons. The van der Waals surface area contributed by atoms with E-state index in [1.807, 2.05) is 72.8 Å². The van der Waals surface area contributed by atoms with Crippen molar-refractivity contribution in [1.82, 2.24) is 10.4 Å². The number of ether oxygens (including phenoxy) is 2. The number of carbonyl (C=O) groups excluding carboxylic acids is 1. The number of aromatic nitrogens is 1. The molecule has 0 aliphatic rings. The molecule has 0 saturated carbocycles. The van der Waals surface area contributed by atoms with Gasteiger partial charge in [0.25, 0.3) is 5.91 Å². The van der Waals surface area contributed by atoms with Crippen LogP contribution in [-0.2, 0) is 6.61 Å². The van der Waals surface area contributed by atoms with E-state index in [2.05, 4.69) is 45.5 Å². The van der Waals surface area contributed by atoms with Crippen LogP contribution >= 0.6 is 15.9 Å². The first-order valence-electron chi connectivity index (χ1n) is 12.4. The van der Waals surface area contributed by atoms with Gasteiger partial charge in [0, 0.05) is 21.0 Å². The zero-order valence-electron chi connectivity index (χ0n) is 21.5. The maximum absolute atomic E-state index is 13.2. The van der Waals surface area contributed by atoms with Crippen molar-refractivity contribution in [3.05, 3.63) is 124 Å². The fourth-order valence-corrected chi connectivity index (χ4v) is 4.53. The number of halogens is 1. The molecule has 39 heavy (non-hydrogen) atoms. The SMILES string of the molecule is COc1cc(/C=N/NC(=O)c2cc(-c3ccccc3)nc3ccccc23)c(Br)cc1OCc1ccc(C)cc1. The van der Waals surface area contributed by atoms with Crippen molar-refractivity contribution < 1.29 is 14.3 Å². The van der Waals surface area contributed by atoms with Crippen LogP contribution in [0.2, 0.25) is 0 Å². The van der Waals surface area contributed by atoms with Crippen LogP contribution in [0.4, 0.5) is 0 Å². The first-order valence-corrected chi connectivity index (χ1v) is 13.2. The fraction of sp³-hybridized carbons (Fsp3) is 0.0938. The van der Waals surface area contributed by atoms with Crippen LogP contribution in [0.5, 0.6) is 11.5 Å². The Kier molecular flexibility index (Phi) is 7.99. The van der Waals surface area contributed by atoms with Crippen molar-refractivity contribution in [2.24, 2.45) is 5.10 Å². The summed E-state index contributed by atoms with van der Waals surface area (Å²) < 4.78 is 12.3. The predicted octanol–water partition coefficient (Wildman–Crippen LogP) is 7.32. The van der Waals surface area contributed by atoms with Crippen molar-refractivity contribution in [3.63, 3.8) is 0 Å². The van der Waals surface area contributed by atoms with Crippen LogP contribution in [0.25, 0.3) is 22.2 Å². The van der Waals surface area contributed by atoms with Crippen LogP contribution in [0, 0.1) is 6.92 Å². The minimum Gasteiger partial charge on any atom is -0.493 e. The second-order valence-electron chi connectivity index (χ2n) is 8.94. The number of fused-ring (bicyclic) bond motifs is 1. The van der Waals surface area contributed by atoms with Gasteiger partial charge in [0.1, 0.15) is 6.61 Å². The monoisotopic (exact) mass is 579 g/mol. The van der Waals surface area contributed by atoms with E-state index in [9.17, 15) is 4.79 Å². The van der Waals surface area contributed by atoms with E-state index in [1.165, 1.54) is 5.56 Å². The van der Waals surface area contributed by atoms with Gasteiger partial charge in [-0.15, -0.1) is 0 Å². The second kappa shape index (κ2) is 11.9. The first-order chi connectivity index (χ1) is 19.0. The second-order valence-corrected chi connectivity index (χ2v) is 9.79. The van der Waals surface area contributed by atoms with Gasteiger partial charge in [-0.1, -0.05) is 78.4 Å². The highest BCUT2D eigenvalue weighted by molar-refractivity contribution is 9.10. The lowest BCUT2D eigenvalue weighted by molar-refractivity contribution is 0.0956. The number of nitrogens with one attached hydrogen (secondary N) is 1. The summed E-state index contributed by atoms with van der Waals surface area (Å²) in [5, 5.41) is 4.98. The molecular weight excluding hydrogens is 554 g/mol. The van der Waals surface area contributed by atoms with Crippen LogP contribution < -0.4 is 14.9 Å². The summed E-state index contributed by atoms with van der Waals surface area (Å²) in [4.78, 5) is 18.0. The Morgan fingerprint density at radius 1 is 0.949 bits per heavy atom. The molecular formula is C32H26BrN3O3. The Balaban J connectivity index is 1.35. The van der Waals surface area contributed by atoms with Gasteiger partial charge in [0.15, 0.2) is 11.5 Å². The molecule has 0 aliphatic heterocycles. The standard InChI is InChI=1S/C32H26BrN3O3/c1-21-12-14-22(15-13-21)20-39-31-18-27(33)24(16-30(31)38-2)19-34-36-32(37)26-17-29(23-8-4-3-5-9-23)35-28-11-7-6-10-25(26)28/h3-19H,20H2,1-2H3,(H,36,37)/b34-19+. The number of amides is 1. The molecule has 194 valence electrons. The quantitative estimate of drug-likeness (QED) is 0.154. The summed E-state index contributed by atoms with van der Waals surface area (Å²) in [5.41, 5.74) is 8.52. The number of para-hydroxylation sites is 1. The van der Waals surface area contributed by atoms with Gasteiger partial charge in [-0.25, -0.2) is 10.4 Å². The zero-order valence-corrected chi connectivity index (χ0v) is 23.1. The molecule has 0 saturated heterocycles. The summed E-state index contributed by atoms with van der Waals surface area (Å²) in [7, 11) is 1.59. The van der Waals surface area contributed by atoms with Crippen LogP contribution in [-0.4, -0.2) is 24.2 Å². The number of pyridine rings is 1. The fourth-order valence-electron chi connectivity index (χ4n) is 4.11. The Hall–Kier alpha value is -4.49. The van der Waals surface area contributed by atoms with Gasteiger partial charge in [0.05, 0.1) is 30.1 Å². The summed E-state index contributed by atoms with van der Waals surface area (Å²) in [6, 6.07) is 31.0. The smallest absolute Gasteiger partial charge is 0.272 e. The normalized spacial score (nSPS) is 11.1. The number of rotatable bonds is 8. The third-order valence-corrected chi connectivity index (χ3v) is 6.88. The van der Waals surface area contributed by atoms with Gasteiger partial charge in [-0.2, -0.15) is 5.10 Å². The van der Waals surface area contributed by atoms with E-state index in [4.69, 9.17) is 14.5 Å². The molecule has 6 nitrogen and oxygen atoms in total. The van der Waals surface area contributed by atoms with E-state index < -0.39 is 0 Å². The highest BCUT2D eigenvalue weighted by Gasteiger charge is 2.14. The molecule has 4 aromatic carbocycles. The van der Waals surface area contributed by atoms with Crippen molar-refractivity contribution in [2.45, 2.75) is 13.5 Å². The number of hydrogen-bond acceptors (Lipinski definition) is 5. The van der Waals surface area contributed by atoms with Crippen molar-refractivity contribution >= 4 is 39.0 Å². The molecule has 1 N–H and O–H groups in total. The molecule has 0 aliphatic carbocycles. The third kappa shape index (κ3) is 6.16. The Bertz CT molecular complexity index is 1650. The summed E-state index contributed by atoms with van der Waals surface area (Å²) >= 11 is 3.58. The zero-order chi connectivity index (χ0) is 27.2. The molecule has 0 bridgehead atoms. The number of nitrogens with zero attached hydrogens (tertiary/aromatic N) is 2. The van der Waals surface area contributed by atoms with E-state index >= 15 is 0 Å². The minimum absolute atomic E-state index is 0.330. The van der Waals surface area contributed by atoms with Gasteiger partial charge in [-0.3, -0.25) is 4.79 Å². The highest BCUT2D eigenvalue weighted by Crippen LogP contribution is 2.33. The largest absolute Gasteiger partial charge is 0.493 e. The van der Waals surface area contributed by atoms with E-state index in [1.54, 1.807) is 25.5 Å². The number of methoxy groups -OCH3 is 1. The Morgan fingerprint density at radius 3 is 2.46 bits per heavy atom. The number of hydrogen-bond donors (Lipinski definition) is 1. The van der Waals surface area contributed by atoms with Gasteiger partial charge < -0.3 is 9.47 Å². The number of hydrazone groups is 1. The molecule has 0 fully saturated rings. The lowest BCUT2D eigenvalue weighted by Gasteiger charge is -2.13. The van der Waals surface area contributed by atoms with E-state index in [0.717, 1.165) is 37.8 Å². The molecule has 1 heterocycles. The van der Waals surface area contributed by atoms with Crippen molar-refractivity contribution in [2.75, 3.05) is 7.11 Å². The number of carbonyl (C=O) groups is 1. The number of benzene rings is 4. The van der Waals surface area contributed by atoms with Gasteiger partial charge >= 0.3 is 0 Å². The third-order valence-electron chi connectivity index (χ3n) is 6.20. The summed E-state index contributed by atoms with van der Waals surface area (Å²) in [6.07, 6.45) is 1.57. The van der Waals surface area contributed by atoms with Crippen LogP contribution in [0.1, 0.15) is 27.0 Å². The maximum Gasteiger partial charge on any atom is 0.272 e. The lowest BCUT2D eigenvalue weighted by atomic mass is 10.0. The molecule has 1 aromatic heterocycles. The van der Waals surface area contributed by atoms with E-state index in [0.29, 0.717) is 23.7 Å². The van der Waals surface area contributed by atoms with Crippen LogP contribution in [0.3, 0.4) is 0 Å². The molecule has 1 amide bonds.